The topological polar surface area (TPSA) is 43.1 Å². The maximum atomic E-state index is 13.3. The molecule has 0 spiro atoms. The Kier molecular flexibility index (Phi) is 2.96. The summed E-state index contributed by atoms with van der Waals surface area (Å²) in [7, 11) is 0. The minimum atomic E-state index is -0.745. The number of aryl methyl sites for hydroxylation is 1. The Bertz CT molecular complexity index is 399. The van der Waals surface area contributed by atoms with Crippen LogP contribution in [0, 0.1) is 18.6 Å². The average molecular weight is 197 g/mol. The molecular weight excluding hydrogens is 188 g/mol. The van der Waals surface area contributed by atoms with Gasteiger partial charge >= 0.3 is 0 Å². The van der Waals surface area contributed by atoms with E-state index in [1.807, 2.05) is 0 Å². The van der Waals surface area contributed by atoms with Gasteiger partial charge in [-0.15, -0.1) is 0 Å². The Morgan fingerprint density at radius 3 is 2.64 bits per heavy atom. The number of amides is 1. The first kappa shape index (κ1) is 10.4. The molecule has 14 heavy (non-hydrogen) atoms. The van der Waals surface area contributed by atoms with Crippen LogP contribution in [-0.4, -0.2) is 5.91 Å². The number of nitrogens with two attached hydrogens (primary N) is 1. The number of benzene rings is 1. The van der Waals surface area contributed by atoms with E-state index in [2.05, 4.69) is 0 Å². The van der Waals surface area contributed by atoms with Gasteiger partial charge in [-0.2, -0.15) is 0 Å². The smallest absolute Gasteiger partial charge is 0.241 e. The standard InChI is InChI=1S/C10H9F2NO/c1-6-2-4-8(11)7(10(6)12)3-5-9(13)14/h2-5H,1H3,(H2,13,14)/b5-3+. The van der Waals surface area contributed by atoms with Gasteiger partial charge in [-0.1, -0.05) is 6.07 Å². The van der Waals surface area contributed by atoms with Crippen LogP contribution in [0.25, 0.3) is 6.08 Å². The van der Waals surface area contributed by atoms with E-state index in [0.717, 1.165) is 18.2 Å². The minimum Gasteiger partial charge on any atom is -0.366 e. The molecule has 0 aliphatic rings. The molecule has 0 atom stereocenters. The van der Waals surface area contributed by atoms with Crippen LogP contribution in [-0.2, 0) is 4.79 Å². The molecule has 1 aromatic rings. The normalized spacial score (nSPS) is 10.8. The number of hydrogen-bond donors (Lipinski definition) is 1. The van der Waals surface area contributed by atoms with Crippen LogP contribution < -0.4 is 5.73 Å². The molecule has 0 aromatic heterocycles. The molecule has 0 saturated heterocycles. The summed E-state index contributed by atoms with van der Waals surface area (Å²) in [6, 6.07) is 2.46. The van der Waals surface area contributed by atoms with Gasteiger partial charge in [0, 0.05) is 11.6 Å². The van der Waals surface area contributed by atoms with Crippen LogP contribution in [0.15, 0.2) is 18.2 Å². The third-order valence-corrected chi connectivity index (χ3v) is 1.73. The van der Waals surface area contributed by atoms with Gasteiger partial charge in [0.15, 0.2) is 0 Å². The van der Waals surface area contributed by atoms with Crippen molar-refractivity contribution >= 4 is 12.0 Å². The Morgan fingerprint density at radius 1 is 1.43 bits per heavy atom. The summed E-state index contributed by atoms with van der Waals surface area (Å²) in [6.45, 7) is 1.51. The Hall–Kier alpha value is -1.71. The fourth-order valence-electron chi connectivity index (χ4n) is 0.997. The van der Waals surface area contributed by atoms with Crippen LogP contribution in [0.3, 0.4) is 0 Å². The largest absolute Gasteiger partial charge is 0.366 e. The third kappa shape index (κ3) is 2.16. The van der Waals surface area contributed by atoms with E-state index in [-0.39, 0.29) is 5.56 Å². The maximum Gasteiger partial charge on any atom is 0.241 e. The number of halogens is 2. The fraction of sp³-hybridized carbons (Fsp3) is 0.100. The molecule has 0 radical (unpaired) electrons. The molecule has 0 aliphatic heterocycles. The second-order valence-electron chi connectivity index (χ2n) is 2.83. The van der Waals surface area contributed by atoms with E-state index < -0.39 is 17.5 Å². The quantitative estimate of drug-likeness (QED) is 0.721. The predicted octanol–water partition coefficient (Wildman–Crippen LogP) is 1.77. The molecule has 1 rings (SSSR count). The van der Waals surface area contributed by atoms with E-state index in [1.54, 1.807) is 0 Å². The molecule has 0 fully saturated rings. The third-order valence-electron chi connectivity index (χ3n) is 1.73. The summed E-state index contributed by atoms with van der Waals surface area (Å²) < 4.78 is 26.3. The SMILES string of the molecule is Cc1ccc(F)c(/C=C/C(N)=O)c1F. The summed E-state index contributed by atoms with van der Waals surface area (Å²) in [5, 5.41) is 0. The van der Waals surface area contributed by atoms with E-state index in [4.69, 9.17) is 5.73 Å². The van der Waals surface area contributed by atoms with Crippen molar-refractivity contribution in [1.82, 2.24) is 0 Å². The van der Waals surface area contributed by atoms with Crippen molar-refractivity contribution in [3.63, 3.8) is 0 Å². The molecule has 2 nitrogen and oxygen atoms in total. The molecule has 4 heteroatoms. The van der Waals surface area contributed by atoms with Crippen molar-refractivity contribution in [2.24, 2.45) is 5.73 Å². The number of primary amides is 1. The van der Waals surface area contributed by atoms with Gasteiger partial charge in [-0.25, -0.2) is 8.78 Å². The molecule has 0 bridgehead atoms. The Morgan fingerprint density at radius 2 is 2.07 bits per heavy atom. The first-order chi connectivity index (χ1) is 6.52. The van der Waals surface area contributed by atoms with Gasteiger partial charge < -0.3 is 5.73 Å². The number of rotatable bonds is 2. The minimum absolute atomic E-state index is 0.246. The molecule has 0 heterocycles. The highest BCUT2D eigenvalue weighted by molar-refractivity contribution is 5.90. The monoisotopic (exact) mass is 197 g/mol. The number of hydrogen-bond acceptors (Lipinski definition) is 1. The molecule has 0 unspecified atom stereocenters. The van der Waals surface area contributed by atoms with Gasteiger partial charge in [0.2, 0.25) is 5.91 Å². The van der Waals surface area contributed by atoms with Crippen LogP contribution in [0.4, 0.5) is 8.78 Å². The number of carbonyl (C=O) groups is 1. The zero-order chi connectivity index (χ0) is 10.7. The van der Waals surface area contributed by atoms with Crippen molar-refractivity contribution in [2.75, 3.05) is 0 Å². The lowest BCUT2D eigenvalue weighted by molar-refractivity contribution is -0.113. The molecule has 1 amide bonds. The molecule has 0 aliphatic carbocycles. The van der Waals surface area contributed by atoms with Crippen molar-refractivity contribution in [3.8, 4) is 0 Å². The van der Waals surface area contributed by atoms with Crippen molar-refractivity contribution in [3.05, 3.63) is 41.0 Å². The fourth-order valence-corrected chi connectivity index (χ4v) is 0.997. The van der Waals surface area contributed by atoms with Crippen molar-refractivity contribution in [2.45, 2.75) is 6.92 Å². The second kappa shape index (κ2) is 4.00. The van der Waals surface area contributed by atoms with E-state index in [1.165, 1.54) is 13.0 Å². The molecular formula is C10H9F2NO. The zero-order valence-electron chi connectivity index (χ0n) is 7.55. The van der Waals surface area contributed by atoms with Crippen molar-refractivity contribution in [1.29, 1.82) is 0 Å². The summed E-state index contributed by atoms with van der Waals surface area (Å²) in [5.41, 5.74) is 4.88. The lowest BCUT2D eigenvalue weighted by atomic mass is 10.1. The van der Waals surface area contributed by atoms with Crippen molar-refractivity contribution < 1.29 is 13.6 Å². The van der Waals surface area contributed by atoms with Gasteiger partial charge in [0.1, 0.15) is 11.6 Å². The van der Waals surface area contributed by atoms with Crippen LogP contribution in [0.5, 0.6) is 0 Å². The average Bonchev–Trinajstić information content (AvgIpc) is 2.11. The second-order valence-corrected chi connectivity index (χ2v) is 2.83. The van der Waals surface area contributed by atoms with E-state index >= 15 is 0 Å². The van der Waals surface area contributed by atoms with E-state index in [0.29, 0.717) is 5.56 Å². The summed E-state index contributed by atoms with van der Waals surface area (Å²) in [6.07, 6.45) is 1.95. The highest BCUT2D eigenvalue weighted by Crippen LogP contribution is 2.17. The van der Waals surface area contributed by atoms with Crippen LogP contribution >= 0.6 is 0 Å². The summed E-state index contributed by atoms with van der Waals surface area (Å²) in [4.78, 5) is 10.4. The molecule has 1 aromatic carbocycles. The Labute approximate surface area is 80.0 Å². The maximum absolute atomic E-state index is 13.3. The summed E-state index contributed by atoms with van der Waals surface area (Å²) >= 11 is 0. The first-order valence-electron chi connectivity index (χ1n) is 3.94. The number of carbonyl (C=O) groups excluding carboxylic acids is 1. The molecule has 2 N–H and O–H groups in total. The van der Waals surface area contributed by atoms with Gasteiger partial charge in [-0.05, 0) is 24.6 Å². The zero-order valence-corrected chi connectivity index (χ0v) is 7.55. The van der Waals surface area contributed by atoms with Gasteiger partial charge in [-0.3, -0.25) is 4.79 Å². The highest BCUT2D eigenvalue weighted by atomic mass is 19.1. The van der Waals surface area contributed by atoms with Gasteiger partial charge in [0.05, 0.1) is 0 Å². The summed E-state index contributed by atoms with van der Waals surface area (Å²) in [5.74, 6) is -2.14. The first-order valence-corrected chi connectivity index (χ1v) is 3.94. The molecule has 74 valence electrons. The van der Waals surface area contributed by atoms with Crippen LogP contribution in [0.2, 0.25) is 0 Å². The van der Waals surface area contributed by atoms with Crippen LogP contribution in [0.1, 0.15) is 11.1 Å². The lowest BCUT2D eigenvalue weighted by Crippen LogP contribution is -2.05. The molecule has 0 saturated carbocycles. The van der Waals surface area contributed by atoms with Gasteiger partial charge in [0.25, 0.3) is 0 Å². The highest BCUT2D eigenvalue weighted by Gasteiger charge is 2.08. The lowest BCUT2D eigenvalue weighted by Gasteiger charge is -2.01. The Balaban J connectivity index is 3.19. The predicted molar refractivity (Wildman–Crippen MR) is 49.3 cm³/mol. The van der Waals surface area contributed by atoms with E-state index in [9.17, 15) is 13.6 Å².